The molecule has 0 amide bonds. The molecule has 0 spiro atoms. The van der Waals surface area contributed by atoms with Crippen molar-refractivity contribution in [1.29, 1.82) is 0 Å². The topological polar surface area (TPSA) is 32.5 Å². The summed E-state index contributed by atoms with van der Waals surface area (Å²) in [6, 6.07) is 5.31. The molecule has 0 radical (unpaired) electrons. The van der Waals surface area contributed by atoms with Gasteiger partial charge in [0.2, 0.25) is 0 Å². The molecule has 1 fully saturated rings. The maximum atomic E-state index is 13.4. The monoisotopic (exact) mass is 329 g/mol. The fraction of sp³-hybridized carbons (Fsp3) is 0.571. The van der Waals surface area contributed by atoms with Gasteiger partial charge in [-0.05, 0) is 44.3 Å². The second-order valence-corrected chi connectivity index (χ2v) is 6.37. The number of halogens is 2. The van der Waals surface area contributed by atoms with E-state index in [0.717, 1.165) is 29.7 Å². The first-order chi connectivity index (χ1) is 8.95. The molecule has 1 saturated heterocycles. The van der Waals surface area contributed by atoms with E-state index in [1.54, 1.807) is 6.07 Å². The Morgan fingerprint density at radius 1 is 1.37 bits per heavy atom. The maximum Gasteiger partial charge on any atom is 0.124 e. The minimum absolute atomic E-state index is 0.0152. The van der Waals surface area contributed by atoms with Crippen LogP contribution in [-0.2, 0) is 6.42 Å². The van der Waals surface area contributed by atoms with Crippen molar-refractivity contribution in [3.8, 4) is 0 Å². The Kier molecular flexibility index (Phi) is 4.95. The van der Waals surface area contributed by atoms with Crippen LogP contribution in [0.2, 0.25) is 0 Å². The van der Waals surface area contributed by atoms with Crippen LogP contribution in [0.25, 0.3) is 0 Å². The van der Waals surface area contributed by atoms with E-state index >= 15 is 0 Å². The average molecular weight is 330 g/mol. The van der Waals surface area contributed by atoms with Crippen molar-refractivity contribution < 1.29 is 4.39 Å². The van der Waals surface area contributed by atoms with Crippen molar-refractivity contribution in [1.82, 2.24) is 9.80 Å². The van der Waals surface area contributed by atoms with Crippen LogP contribution in [0.5, 0.6) is 0 Å². The van der Waals surface area contributed by atoms with E-state index in [1.807, 2.05) is 6.07 Å². The van der Waals surface area contributed by atoms with Crippen LogP contribution >= 0.6 is 15.9 Å². The molecule has 0 saturated carbocycles. The summed E-state index contributed by atoms with van der Waals surface area (Å²) < 4.78 is 14.1. The van der Waals surface area contributed by atoms with E-state index in [4.69, 9.17) is 5.73 Å². The molecule has 0 bridgehead atoms. The zero-order chi connectivity index (χ0) is 14.0. The highest BCUT2D eigenvalue weighted by Gasteiger charge is 2.27. The van der Waals surface area contributed by atoms with Crippen LogP contribution < -0.4 is 5.73 Å². The van der Waals surface area contributed by atoms with Gasteiger partial charge >= 0.3 is 0 Å². The predicted molar refractivity (Wildman–Crippen MR) is 79.7 cm³/mol. The summed E-state index contributed by atoms with van der Waals surface area (Å²) in [6.45, 7) is 3.07. The number of hydrogen-bond acceptors (Lipinski definition) is 3. The smallest absolute Gasteiger partial charge is 0.124 e. The summed E-state index contributed by atoms with van der Waals surface area (Å²) in [5.74, 6) is -0.217. The van der Waals surface area contributed by atoms with Crippen LogP contribution in [-0.4, -0.2) is 55.6 Å². The van der Waals surface area contributed by atoms with Crippen LogP contribution in [0.3, 0.4) is 0 Å². The number of likely N-dealkylation sites (N-methyl/N-ethyl adjacent to an activating group) is 2. The first-order valence-electron chi connectivity index (χ1n) is 6.55. The zero-order valence-electron chi connectivity index (χ0n) is 11.4. The van der Waals surface area contributed by atoms with Gasteiger partial charge in [-0.15, -0.1) is 0 Å². The van der Waals surface area contributed by atoms with Crippen LogP contribution in [0, 0.1) is 5.82 Å². The zero-order valence-corrected chi connectivity index (χ0v) is 13.0. The molecule has 5 heteroatoms. The van der Waals surface area contributed by atoms with Gasteiger partial charge in [0, 0.05) is 36.2 Å². The first-order valence-corrected chi connectivity index (χ1v) is 7.34. The normalized spacial score (nSPS) is 23.5. The molecule has 3 nitrogen and oxygen atoms in total. The lowest BCUT2D eigenvalue weighted by atomic mass is 9.97. The van der Waals surface area contributed by atoms with Crippen molar-refractivity contribution in [2.45, 2.75) is 18.5 Å². The van der Waals surface area contributed by atoms with Crippen molar-refractivity contribution in [3.63, 3.8) is 0 Å². The highest BCUT2D eigenvalue weighted by Crippen LogP contribution is 2.18. The van der Waals surface area contributed by atoms with Crippen LogP contribution in [0.4, 0.5) is 4.39 Å². The molecule has 0 aliphatic carbocycles. The average Bonchev–Trinajstić information content (AvgIpc) is 2.30. The van der Waals surface area contributed by atoms with Gasteiger partial charge in [0.05, 0.1) is 0 Å². The van der Waals surface area contributed by atoms with Crippen molar-refractivity contribution in [2.24, 2.45) is 5.73 Å². The molecule has 2 atom stereocenters. The van der Waals surface area contributed by atoms with Gasteiger partial charge in [-0.25, -0.2) is 4.39 Å². The highest BCUT2D eigenvalue weighted by molar-refractivity contribution is 9.10. The lowest BCUT2D eigenvalue weighted by Crippen LogP contribution is -2.58. The summed E-state index contributed by atoms with van der Waals surface area (Å²) in [5.41, 5.74) is 7.27. The number of rotatable bonds is 3. The number of benzene rings is 1. The third-order valence-corrected chi connectivity index (χ3v) is 4.25. The van der Waals surface area contributed by atoms with Gasteiger partial charge in [-0.1, -0.05) is 15.9 Å². The number of nitrogens with two attached hydrogens (primary N) is 1. The van der Waals surface area contributed by atoms with Crippen molar-refractivity contribution >= 4 is 15.9 Å². The lowest BCUT2D eigenvalue weighted by molar-refractivity contribution is 0.0973. The first kappa shape index (κ1) is 14.9. The Balaban J connectivity index is 2.05. The molecule has 1 heterocycles. The SMILES string of the molecule is CN1CCN(C)C(C(N)Cc2cc(F)cc(Br)c2)C1. The quantitative estimate of drug-likeness (QED) is 0.916. The van der Waals surface area contributed by atoms with Gasteiger partial charge in [0.1, 0.15) is 5.82 Å². The Bertz CT molecular complexity index is 420. The minimum Gasteiger partial charge on any atom is -0.326 e. The van der Waals surface area contributed by atoms with E-state index in [2.05, 4.69) is 39.8 Å². The Morgan fingerprint density at radius 2 is 2.11 bits per heavy atom. The minimum atomic E-state index is -0.217. The molecular formula is C14H21BrFN3. The number of piperazine rings is 1. The van der Waals surface area contributed by atoms with Gasteiger partial charge in [-0.3, -0.25) is 4.90 Å². The Hall–Kier alpha value is -0.490. The largest absolute Gasteiger partial charge is 0.326 e. The summed E-state index contributed by atoms with van der Waals surface area (Å²) in [6.07, 6.45) is 0.694. The van der Waals surface area contributed by atoms with Gasteiger partial charge in [0.25, 0.3) is 0 Å². The molecular weight excluding hydrogens is 309 g/mol. The standard InChI is InChI=1S/C14H21BrFN3/c1-18-3-4-19(2)14(9-18)13(17)7-10-5-11(15)8-12(16)6-10/h5-6,8,13-14H,3-4,7,9,17H2,1-2H3. The summed E-state index contributed by atoms with van der Waals surface area (Å²) in [7, 11) is 4.23. The molecule has 19 heavy (non-hydrogen) atoms. The van der Waals surface area contributed by atoms with E-state index in [9.17, 15) is 4.39 Å². The fourth-order valence-electron chi connectivity index (χ4n) is 2.64. The predicted octanol–water partition coefficient (Wildman–Crippen LogP) is 1.70. The molecule has 2 N–H and O–H groups in total. The molecule has 2 unspecified atom stereocenters. The van der Waals surface area contributed by atoms with Crippen molar-refractivity contribution in [3.05, 3.63) is 34.1 Å². The summed E-state index contributed by atoms with van der Waals surface area (Å²) in [4.78, 5) is 4.60. The van der Waals surface area contributed by atoms with E-state index < -0.39 is 0 Å². The molecule has 1 aromatic rings. The van der Waals surface area contributed by atoms with Crippen LogP contribution in [0.1, 0.15) is 5.56 Å². The van der Waals surface area contributed by atoms with E-state index in [1.165, 1.54) is 6.07 Å². The lowest BCUT2D eigenvalue weighted by Gasteiger charge is -2.40. The van der Waals surface area contributed by atoms with Gasteiger partial charge in [0.15, 0.2) is 0 Å². The summed E-state index contributed by atoms with van der Waals surface area (Å²) >= 11 is 3.32. The van der Waals surface area contributed by atoms with Gasteiger partial charge in [-0.2, -0.15) is 0 Å². The summed E-state index contributed by atoms with van der Waals surface area (Å²) in [5, 5.41) is 0. The fourth-order valence-corrected chi connectivity index (χ4v) is 3.16. The number of hydrogen-bond donors (Lipinski definition) is 1. The highest BCUT2D eigenvalue weighted by atomic mass is 79.9. The molecule has 1 aliphatic rings. The molecule has 1 aromatic carbocycles. The second-order valence-electron chi connectivity index (χ2n) is 5.46. The molecule has 2 rings (SSSR count). The third-order valence-electron chi connectivity index (χ3n) is 3.79. The van der Waals surface area contributed by atoms with E-state index in [0.29, 0.717) is 12.5 Å². The van der Waals surface area contributed by atoms with Crippen LogP contribution in [0.15, 0.2) is 22.7 Å². The number of nitrogens with zero attached hydrogens (tertiary/aromatic N) is 2. The second kappa shape index (κ2) is 6.31. The Morgan fingerprint density at radius 3 is 2.79 bits per heavy atom. The molecule has 106 valence electrons. The Labute approximate surface area is 122 Å². The molecule has 1 aliphatic heterocycles. The third kappa shape index (κ3) is 3.99. The van der Waals surface area contributed by atoms with Gasteiger partial charge < -0.3 is 10.6 Å². The van der Waals surface area contributed by atoms with Crippen molar-refractivity contribution in [2.75, 3.05) is 33.7 Å². The maximum absolute atomic E-state index is 13.4. The van der Waals surface area contributed by atoms with E-state index in [-0.39, 0.29) is 11.9 Å². The molecule has 0 aromatic heterocycles.